The SMILES string of the molecule is CC1(C)CC2(CCN(C(=O)OC(C(F)(F)F)C(F)(F)F)CC2)CN1. The van der Waals surface area contributed by atoms with E-state index in [1.54, 1.807) is 0 Å². The van der Waals surface area contributed by atoms with Crippen molar-refractivity contribution < 1.29 is 35.9 Å². The van der Waals surface area contributed by atoms with Crippen LogP contribution in [0.2, 0.25) is 0 Å². The summed E-state index contributed by atoms with van der Waals surface area (Å²) in [6, 6.07) is 0. The highest BCUT2D eigenvalue weighted by Gasteiger charge is 2.60. The molecule has 2 saturated heterocycles. The van der Waals surface area contributed by atoms with Gasteiger partial charge >= 0.3 is 18.4 Å². The normalized spacial score (nSPS) is 23.8. The molecule has 0 aromatic heterocycles. The first-order chi connectivity index (χ1) is 10.7. The first-order valence-electron chi connectivity index (χ1n) is 7.58. The highest BCUT2D eigenvalue weighted by atomic mass is 19.4. The second-order valence-corrected chi connectivity index (χ2v) is 7.25. The zero-order chi connectivity index (χ0) is 18.4. The molecule has 0 aromatic carbocycles. The molecule has 1 N–H and O–H groups in total. The first-order valence-corrected chi connectivity index (χ1v) is 7.58. The first kappa shape index (κ1) is 19.1. The minimum Gasteiger partial charge on any atom is -0.426 e. The molecule has 1 amide bonds. The highest BCUT2D eigenvalue weighted by molar-refractivity contribution is 5.68. The molecule has 0 unspecified atom stereocenters. The molecular formula is C14H20F6N2O2. The molecule has 10 heteroatoms. The maximum Gasteiger partial charge on any atom is 0.434 e. The van der Waals surface area contributed by atoms with Gasteiger partial charge in [0, 0.05) is 25.2 Å². The molecule has 0 atom stereocenters. The number of nitrogens with one attached hydrogen (secondary N) is 1. The van der Waals surface area contributed by atoms with Crippen LogP contribution < -0.4 is 5.32 Å². The third kappa shape index (κ3) is 4.25. The summed E-state index contributed by atoms with van der Waals surface area (Å²) in [6.45, 7) is 4.94. The van der Waals surface area contributed by atoms with Gasteiger partial charge in [-0.15, -0.1) is 0 Å². The lowest BCUT2D eigenvalue weighted by atomic mass is 9.74. The van der Waals surface area contributed by atoms with Crippen molar-refractivity contribution in [3.05, 3.63) is 0 Å². The standard InChI is InChI=1S/C14H20F6N2O2/c1-11(2)7-12(8-21-11)3-5-22(6-4-12)10(23)24-9(13(15,16)17)14(18,19)20/h9,21H,3-8H2,1-2H3. The van der Waals surface area contributed by atoms with Gasteiger partial charge in [0.05, 0.1) is 0 Å². The molecule has 2 rings (SSSR count). The maximum atomic E-state index is 12.4. The fourth-order valence-electron chi connectivity index (χ4n) is 3.50. The predicted octanol–water partition coefficient (Wildman–Crippen LogP) is 3.47. The third-order valence-corrected chi connectivity index (χ3v) is 4.65. The molecule has 2 fully saturated rings. The van der Waals surface area contributed by atoms with E-state index < -0.39 is 24.5 Å². The van der Waals surface area contributed by atoms with E-state index in [2.05, 4.69) is 10.1 Å². The minimum absolute atomic E-state index is 0.0691. The average molecular weight is 362 g/mol. The Morgan fingerprint density at radius 3 is 1.96 bits per heavy atom. The average Bonchev–Trinajstić information content (AvgIpc) is 2.69. The monoisotopic (exact) mass is 362 g/mol. The van der Waals surface area contributed by atoms with Crippen molar-refractivity contribution in [2.45, 2.75) is 57.1 Å². The van der Waals surface area contributed by atoms with Gasteiger partial charge in [-0.1, -0.05) is 0 Å². The lowest BCUT2D eigenvalue weighted by Gasteiger charge is -2.39. The summed E-state index contributed by atoms with van der Waals surface area (Å²) in [4.78, 5) is 12.6. The van der Waals surface area contributed by atoms with E-state index in [1.807, 2.05) is 13.8 Å². The van der Waals surface area contributed by atoms with Gasteiger partial charge in [0.2, 0.25) is 0 Å². The topological polar surface area (TPSA) is 41.6 Å². The number of halogens is 6. The maximum absolute atomic E-state index is 12.4. The lowest BCUT2D eigenvalue weighted by Crippen LogP contribution is -2.50. The molecular weight excluding hydrogens is 342 g/mol. The number of ether oxygens (including phenoxy) is 1. The molecule has 2 heterocycles. The number of nitrogens with zero attached hydrogens (tertiary/aromatic N) is 1. The molecule has 24 heavy (non-hydrogen) atoms. The van der Waals surface area contributed by atoms with Gasteiger partial charge in [-0.2, -0.15) is 26.3 Å². The van der Waals surface area contributed by atoms with E-state index in [1.165, 1.54) is 0 Å². The number of hydrogen-bond acceptors (Lipinski definition) is 3. The Morgan fingerprint density at radius 2 is 1.58 bits per heavy atom. The fourth-order valence-corrected chi connectivity index (χ4v) is 3.50. The molecule has 4 nitrogen and oxygen atoms in total. The zero-order valence-electron chi connectivity index (χ0n) is 13.4. The van der Waals surface area contributed by atoms with Crippen LogP contribution in [0.15, 0.2) is 0 Å². The van der Waals surface area contributed by atoms with Crippen LogP contribution in [0.4, 0.5) is 31.1 Å². The Labute approximate surface area is 135 Å². The van der Waals surface area contributed by atoms with Crippen molar-refractivity contribution >= 4 is 6.09 Å². The summed E-state index contributed by atoms with van der Waals surface area (Å²) in [5.74, 6) is 0. The van der Waals surface area contributed by atoms with Gasteiger partial charge in [0.15, 0.2) is 0 Å². The van der Waals surface area contributed by atoms with Crippen LogP contribution in [0, 0.1) is 5.41 Å². The summed E-state index contributed by atoms with van der Waals surface area (Å²) in [5, 5.41) is 3.34. The molecule has 1 spiro atoms. The predicted molar refractivity (Wildman–Crippen MR) is 72.3 cm³/mol. The highest BCUT2D eigenvalue weighted by Crippen LogP contribution is 2.43. The Hall–Kier alpha value is -1.19. The summed E-state index contributed by atoms with van der Waals surface area (Å²) >= 11 is 0. The van der Waals surface area contributed by atoms with Crippen molar-refractivity contribution in [2.24, 2.45) is 5.41 Å². The fraction of sp³-hybridized carbons (Fsp3) is 0.929. The second kappa shape index (κ2) is 5.96. The molecule has 0 saturated carbocycles. The van der Waals surface area contributed by atoms with Crippen LogP contribution in [0.1, 0.15) is 33.1 Å². The van der Waals surface area contributed by atoms with Gasteiger partial charge in [-0.3, -0.25) is 0 Å². The van der Waals surface area contributed by atoms with Crippen molar-refractivity contribution in [1.82, 2.24) is 10.2 Å². The number of rotatable bonds is 1. The van der Waals surface area contributed by atoms with E-state index >= 15 is 0 Å². The number of carbonyl (C=O) groups is 1. The molecule has 0 radical (unpaired) electrons. The van der Waals surface area contributed by atoms with Crippen molar-refractivity contribution in [3.63, 3.8) is 0 Å². The van der Waals surface area contributed by atoms with Crippen LogP contribution in [-0.2, 0) is 4.74 Å². The Morgan fingerprint density at radius 1 is 1.08 bits per heavy atom. The molecule has 140 valence electrons. The molecule has 0 aromatic rings. The summed E-state index contributed by atoms with van der Waals surface area (Å²) in [6.07, 6.45) is -15.2. The smallest absolute Gasteiger partial charge is 0.426 e. The van der Waals surface area contributed by atoms with Crippen LogP contribution >= 0.6 is 0 Å². The molecule has 2 aliphatic rings. The van der Waals surface area contributed by atoms with Gasteiger partial charge in [-0.25, -0.2) is 4.79 Å². The largest absolute Gasteiger partial charge is 0.434 e. The van der Waals surface area contributed by atoms with Gasteiger partial charge < -0.3 is 15.0 Å². The van der Waals surface area contributed by atoms with Gasteiger partial charge in [-0.05, 0) is 38.5 Å². The van der Waals surface area contributed by atoms with E-state index in [0.29, 0.717) is 12.8 Å². The molecule has 2 aliphatic heterocycles. The van der Waals surface area contributed by atoms with Gasteiger partial charge in [0.25, 0.3) is 6.10 Å². The van der Waals surface area contributed by atoms with Crippen LogP contribution in [0.25, 0.3) is 0 Å². The molecule has 0 bridgehead atoms. The summed E-state index contributed by atoms with van der Waals surface area (Å²) in [7, 11) is 0. The summed E-state index contributed by atoms with van der Waals surface area (Å²) in [5.41, 5.74) is -0.145. The van der Waals surface area contributed by atoms with E-state index in [0.717, 1.165) is 17.9 Å². The Kier molecular flexibility index (Phi) is 4.75. The minimum atomic E-state index is -5.69. The van der Waals surface area contributed by atoms with Crippen LogP contribution in [0.5, 0.6) is 0 Å². The number of amides is 1. The third-order valence-electron chi connectivity index (χ3n) is 4.65. The second-order valence-electron chi connectivity index (χ2n) is 7.25. The van der Waals surface area contributed by atoms with Crippen LogP contribution in [-0.4, -0.2) is 54.6 Å². The van der Waals surface area contributed by atoms with Gasteiger partial charge in [0.1, 0.15) is 0 Å². The number of carbonyl (C=O) groups excluding carboxylic acids is 1. The van der Waals surface area contributed by atoms with Crippen LogP contribution in [0.3, 0.4) is 0 Å². The Bertz CT molecular complexity index is 467. The van der Waals surface area contributed by atoms with Crippen molar-refractivity contribution in [2.75, 3.05) is 19.6 Å². The van der Waals surface area contributed by atoms with Crippen molar-refractivity contribution in [1.29, 1.82) is 0 Å². The number of piperidine rings is 1. The zero-order valence-corrected chi connectivity index (χ0v) is 13.4. The van der Waals surface area contributed by atoms with Crippen molar-refractivity contribution in [3.8, 4) is 0 Å². The quantitative estimate of drug-likeness (QED) is 0.727. The Balaban J connectivity index is 1.95. The number of hydrogen-bond donors (Lipinski definition) is 1. The van der Waals surface area contributed by atoms with E-state index in [4.69, 9.17) is 0 Å². The number of likely N-dealkylation sites (tertiary alicyclic amines) is 1. The lowest BCUT2D eigenvalue weighted by molar-refractivity contribution is -0.308. The van der Waals surface area contributed by atoms with E-state index in [-0.39, 0.29) is 24.0 Å². The molecule has 0 aliphatic carbocycles. The van der Waals surface area contributed by atoms with E-state index in [9.17, 15) is 31.1 Å². The number of alkyl halides is 6. The summed E-state index contributed by atoms with van der Waals surface area (Å²) < 4.78 is 78.4.